The molecule has 98 valence electrons. The molecule has 0 bridgehead atoms. The van der Waals surface area contributed by atoms with E-state index in [0.717, 1.165) is 25.9 Å². The van der Waals surface area contributed by atoms with Gasteiger partial charge in [-0.3, -0.25) is 9.78 Å². The highest BCUT2D eigenvalue weighted by molar-refractivity contribution is 5.94. The second kappa shape index (κ2) is 6.79. The number of nitrogens with two attached hydrogens (primary N) is 1. The Kier molecular flexibility index (Phi) is 5.36. The summed E-state index contributed by atoms with van der Waals surface area (Å²) in [6.45, 7) is 9.30. The highest BCUT2D eigenvalue weighted by Gasteiger charge is 2.14. The third kappa shape index (κ3) is 3.58. The van der Waals surface area contributed by atoms with Crippen LogP contribution < -0.4 is 5.73 Å². The van der Waals surface area contributed by atoms with Crippen molar-refractivity contribution in [2.75, 3.05) is 13.1 Å². The van der Waals surface area contributed by atoms with E-state index < -0.39 is 0 Å². The Labute approximate surface area is 109 Å². The summed E-state index contributed by atoms with van der Waals surface area (Å²) < 4.78 is 0. The van der Waals surface area contributed by atoms with Crippen molar-refractivity contribution >= 4 is 11.6 Å². The summed E-state index contributed by atoms with van der Waals surface area (Å²) in [6, 6.07) is 3.48. The molecule has 4 heteroatoms. The monoisotopic (exact) mass is 247 g/mol. The number of hydrogen-bond donors (Lipinski definition) is 1. The molecular weight excluding hydrogens is 226 g/mol. The van der Waals surface area contributed by atoms with Crippen molar-refractivity contribution in [1.29, 1.82) is 0 Å². The second-order valence-corrected chi connectivity index (χ2v) is 4.25. The van der Waals surface area contributed by atoms with Crippen LogP contribution in [0.2, 0.25) is 0 Å². The van der Waals surface area contributed by atoms with Crippen LogP contribution in [0.4, 0.5) is 0 Å². The number of aromatic nitrogens is 1. The minimum atomic E-state index is 0.0281. The Morgan fingerprint density at radius 3 is 2.33 bits per heavy atom. The standard InChI is InChI=1S/C14H21N3O/c1-4-8-17(9-5-2)14(18)12-6-7-13(11(3)15)16-10-12/h6-7,10H,3-5,8-9,15H2,1-2H3. The van der Waals surface area contributed by atoms with Gasteiger partial charge in [0.05, 0.1) is 17.0 Å². The molecule has 0 radical (unpaired) electrons. The van der Waals surface area contributed by atoms with Gasteiger partial charge in [-0.1, -0.05) is 20.4 Å². The number of carbonyl (C=O) groups is 1. The average molecular weight is 247 g/mol. The maximum absolute atomic E-state index is 12.2. The quantitative estimate of drug-likeness (QED) is 0.839. The molecule has 0 aliphatic rings. The van der Waals surface area contributed by atoms with Gasteiger partial charge in [0.25, 0.3) is 5.91 Å². The zero-order valence-corrected chi connectivity index (χ0v) is 11.1. The molecule has 1 aromatic heterocycles. The van der Waals surface area contributed by atoms with E-state index in [9.17, 15) is 4.79 Å². The van der Waals surface area contributed by atoms with Crippen LogP contribution in [0, 0.1) is 0 Å². The highest BCUT2D eigenvalue weighted by atomic mass is 16.2. The van der Waals surface area contributed by atoms with Crippen molar-refractivity contribution in [2.24, 2.45) is 5.73 Å². The van der Waals surface area contributed by atoms with Crippen LogP contribution in [0.5, 0.6) is 0 Å². The molecule has 0 spiro atoms. The molecule has 0 saturated heterocycles. The topological polar surface area (TPSA) is 59.2 Å². The van der Waals surface area contributed by atoms with Crippen LogP contribution in [-0.2, 0) is 0 Å². The summed E-state index contributed by atoms with van der Waals surface area (Å²) in [4.78, 5) is 18.2. The number of pyridine rings is 1. The molecule has 2 N–H and O–H groups in total. The Hall–Kier alpha value is -1.84. The molecule has 0 aliphatic heterocycles. The molecule has 4 nitrogen and oxygen atoms in total. The number of nitrogens with zero attached hydrogens (tertiary/aromatic N) is 2. The normalized spacial score (nSPS) is 10.1. The smallest absolute Gasteiger partial charge is 0.255 e. The average Bonchev–Trinajstić information content (AvgIpc) is 2.38. The van der Waals surface area contributed by atoms with Gasteiger partial charge in [-0.05, 0) is 25.0 Å². The number of amides is 1. The third-order valence-electron chi connectivity index (χ3n) is 2.61. The van der Waals surface area contributed by atoms with Gasteiger partial charge in [0.1, 0.15) is 0 Å². The van der Waals surface area contributed by atoms with E-state index in [0.29, 0.717) is 17.0 Å². The first-order valence-corrected chi connectivity index (χ1v) is 6.30. The summed E-state index contributed by atoms with van der Waals surface area (Å²) in [5.74, 6) is 0.0281. The zero-order chi connectivity index (χ0) is 13.5. The van der Waals surface area contributed by atoms with E-state index in [4.69, 9.17) is 5.73 Å². The van der Waals surface area contributed by atoms with E-state index in [1.807, 2.05) is 4.90 Å². The van der Waals surface area contributed by atoms with Crippen molar-refractivity contribution in [2.45, 2.75) is 26.7 Å². The maximum Gasteiger partial charge on any atom is 0.255 e. The van der Waals surface area contributed by atoms with E-state index in [2.05, 4.69) is 25.4 Å². The van der Waals surface area contributed by atoms with Crippen molar-refractivity contribution in [3.05, 3.63) is 36.2 Å². The summed E-state index contributed by atoms with van der Waals surface area (Å²) in [7, 11) is 0. The molecule has 0 unspecified atom stereocenters. The molecule has 1 aromatic rings. The van der Waals surface area contributed by atoms with Gasteiger partial charge in [-0.2, -0.15) is 0 Å². The third-order valence-corrected chi connectivity index (χ3v) is 2.61. The van der Waals surface area contributed by atoms with Gasteiger partial charge in [0.15, 0.2) is 0 Å². The fourth-order valence-electron chi connectivity index (χ4n) is 1.75. The van der Waals surface area contributed by atoms with E-state index in [1.54, 1.807) is 18.3 Å². The molecule has 0 saturated carbocycles. The number of rotatable bonds is 6. The molecular formula is C14H21N3O. The lowest BCUT2D eigenvalue weighted by Crippen LogP contribution is -2.32. The highest BCUT2D eigenvalue weighted by Crippen LogP contribution is 2.09. The first-order chi connectivity index (χ1) is 8.60. The maximum atomic E-state index is 12.2. The fourth-order valence-corrected chi connectivity index (χ4v) is 1.75. The predicted octanol–water partition coefficient (Wildman–Crippen LogP) is 2.27. The lowest BCUT2D eigenvalue weighted by atomic mass is 10.2. The van der Waals surface area contributed by atoms with Gasteiger partial charge in [0.2, 0.25) is 0 Å². The lowest BCUT2D eigenvalue weighted by molar-refractivity contribution is 0.0755. The first kappa shape index (κ1) is 14.2. The molecule has 1 heterocycles. The van der Waals surface area contributed by atoms with Gasteiger partial charge >= 0.3 is 0 Å². The molecule has 0 aliphatic carbocycles. The van der Waals surface area contributed by atoms with Crippen LogP contribution in [-0.4, -0.2) is 28.9 Å². The van der Waals surface area contributed by atoms with Crippen molar-refractivity contribution < 1.29 is 4.79 Å². The van der Waals surface area contributed by atoms with E-state index >= 15 is 0 Å². The minimum Gasteiger partial charge on any atom is -0.397 e. The summed E-state index contributed by atoms with van der Waals surface area (Å²) in [5.41, 5.74) is 7.17. The predicted molar refractivity (Wildman–Crippen MR) is 73.9 cm³/mol. The fraction of sp³-hybridized carbons (Fsp3) is 0.429. The van der Waals surface area contributed by atoms with Crippen LogP contribution in [0.15, 0.2) is 24.9 Å². The van der Waals surface area contributed by atoms with Gasteiger partial charge in [-0.25, -0.2) is 0 Å². The number of carbonyl (C=O) groups excluding carboxylic acids is 1. The van der Waals surface area contributed by atoms with E-state index in [-0.39, 0.29) is 5.91 Å². The van der Waals surface area contributed by atoms with Crippen molar-refractivity contribution in [1.82, 2.24) is 9.88 Å². The SMILES string of the molecule is C=C(N)c1ccc(C(=O)N(CCC)CCC)cn1. The van der Waals surface area contributed by atoms with Crippen LogP contribution >= 0.6 is 0 Å². The van der Waals surface area contributed by atoms with E-state index in [1.165, 1.54) is 0 Å². The molecule has 1 amide bonds. The van der Waals surface area contributed by atoms with Crippen LogP contribution in [0.25, 0.3) is 5.70 Å². The molecule has 0 atom stereocenters. The van der Waals surface area contributed by atoms with Gasteiger partial charge in [0, 0.05) is 19.3 Å². The van der Waals surface area contributed by atoms with Crippen molar-refractivity contribution in [3.8, 4) is 0 Å². The minimum absolute atomic E-state index is 0.0281. The Morgan fingerprint density at radius 2 is 1.94 bits per heavy atom. The summed E-state index contributed by atoms with van der Waals surface area (Å²) in [6.07, 6.45) is 3.47. The summed E-state index contributed by atoms with van der Waals surface area (Å²) in [5, 5.41) is 0. The van der Waals surface area contributed by atoms with Crippen LogP contribution in [0.3, 0.4) is 0 Å². The molecule has 0 fully saturated rings. The van der Waals surface area contributed by atoms with Crippen LogP contribution in [0.1, 0.15) is 42.7 Å². The zero-order valence-electron chi connectivity index (χ0n) is 11.1. The Morgan fingerprint density at radius 1 is 1.33 bits per heavy atom. The molecule has 0 aromatic carbocycles. The largest absolute Gasteiger partial charge is 0.397 e. The van der Waals surface area contributed by atoms with Gasteiger partial charge < -0.3 is 10.6 Å². The molecule has 1 rings (SSSR count). The lowest BCUT2D eigenvalue weighted by Gasteiger charge is -2.21. The molecule has 18 heavy (non-hydrogen) atoms. The first-order valence-electron chi connectivity index (χ1n) is 6.30. The Bertz CT molecular complexity index is 406. The second-order valence-electron chi connectivity index (χ2n) is 4.25. The summed E-state index contributed by atoms with van der Waals surface area (Å²) >= 11 is 0. The van der Waals surface area contributed by atoms with Crippen molar-refractivity contribution in [3.63, 3.8) is 0 Å². The van der Waals surface area contributed by atoms with Gasteiger partial charge in [-0.15, -0.1) is 0 Å². The number of hydrogen-bond acceptors (Lipinski definition) is 3. The Balaban J connectivity index is 2.84.